The zero-order valence-corrected chi connectivity index (χ0v) is 5.90. The third kappa shape index (κ3) is 2.35. The molecule has 0 bridgehead atoms. The molecule has 0 aromatic heterocycles. The SMILES string of the molecule is O=C(O/C=C(\F)Cl)C1CC1. The first-order valence-corrected chi connectivity index (χ1v) is 3.29. The van der Waals surface area contributed by atoms with Crippen molar-refractivity contribution in [3.8, 4) is 0 Å². The van der Waals surface area contributed by atoms with Crippen LogP contribution in [0.3, 0.4) is 0 Å². The number of halogens is 2. The molecule has 0 spiro atoms. The van der Waals surface area contributed by atoms with Gasteiger partial charge in [0.05, 0.1) is 5.92 Å². The topological polar surface area (TPSA) is 26.3 Å². The predicted molar refractivity (Wildman–Crippen MR) is 33.9 cm³/mol. The highest BCUT2D eigenvalue weighted by Crippen LogP contribution is 2.30. The van der Waals surface area contributed by atoms with E-state index in [-0.39, 0.29) is 5.92 Å². The lowest BCUT2D eigenvalue weighted by Gasteiger charge is -1.92. The second-order valence-electron chi connectivity index (χ2n) is 2.12. The van der Waals surface area contributed by atoms with Gasteiger partial charge in [-0.15, -0.1) is 0 Å². The van der Waals surface area contributed by atoms with E-state index < -0.39 is 11.3 Å². The molecule has 1 aliphatic carbocycles. The molecule has 0 heterocycles. The Balaban J connectivity index is 2.24. The number of ether oxygens (including phenoxy) is 1. The molecule has 0 atom stereocenters. The fourth-order valence-electron chi connectivity index (χ4n) is 0.518. The minimum absolute atomic E-state index is 0.0210. The van der Waals surface area contributed by atoms with Crippen LogP contribution in [0.5, 0.6) is 0 Å². The molecule has 0 saturated heterocycles. The van der Waals surface area contributed by atoms with Crippen LogP contribution in [-0.4, -0.2) is 5.97 Å². The number of carbonyl (C=O) groups excluding carboxylic acids is 1. The van der Waals surface area contributed by atoms with Gasteiger partial charge in [-0.3, -0.25) is 4.79 Å². The zero-order valence-electron chi connectivity index (χ0n) is 5.14. The van der Waals surface area contributed by atoms with Crippen molar-refractivity contribution in [2.75, 3.05) is 0 Å². The Hall–Kier alpha value is -0.570. The van der Waals surface area contributed by atoms with E-state index in [0.717, 1.165) is 12.8 Å². The van der Waals surface area contributed by atoms with E-state index in [9.17, 15) is 9.18 Å². The van der Waals surface area contributed by atoms with Gasteiger partial charge in [-0.25, -0.2) is 0 Å². The van der Waals surface area contributed by atoms with Crippen molar-refractivity contribution in [3.63, 3.8) is 0 Å². The third-order valence-corrected chi connectivity index (χ3v) is 1.26. The minimum atomic E-state index is -1.01. The van der Waals surface area contributed by atoms with Crippen LogP contribution in [-0.2, 0) is 9.53 Å². The quantitative estimate of drug-likeness (QED) is 0.461. The van der Waals surface area contributed by atoms with Gasteiger partial charge < -0.3 is 4.74 Å². The lowest BCUT2D eigenvalue weighted by atomic mass is 10.4. The van der Waals surface area contributed by atoms with E-state index in [1.54, 1.807) is 0 Å². The van der Waals surface area contributed by atoms with Gasteiger partial charge in [0.15, 0.2) is 0 Å². The summed E-state index contributed by atoms with van der Waals surface area (Å²) < 4.78 is 16.0. The van der Waals surface area contributed by atoms with Gasteiger partial charge >= 0.3 is 5.97 Å². The fourth-order valence-corrected chi connectivity index (χ4v) is 0.562. The first-order chi connectivity index (χ1) is 4.70. The summed E-state index contributed by atoms with van der Waals surface area (Å²) in [5.74, 6) is -0.414. The normalized spacial score (nSPS) is 18.8. The van der Waals surface area contributed by atoms with Crippen LogP contribution < -0.4 is 0 Å². The summed E-state index contributed by atoms with van der Waals surface area (Å²) in [6, 6.07) is 0. The summed E-state index contributed by atoms with van der Waals surface area (Å²) >= 11 is 4.76. The molecular weight excluding hydrogens is 159 g/mol. The van der Waals surface area contributed by atoms with E-state index in [1.807, 2.05) is 0 Å². The van der Waals surface area contributed by atoms with Crippen LogP contribution in [0, 0.1) is 5.92 Å². The maximum absolute atomic E-state index is 11.7. The molecule has 0 aliphatic heterocycles. The standard InChI is InChI=1S/C6H6ClFO2/c7-5(8)3-10-6(9)4-1-2-4/h3-4H,1-2H2/b5-3-. The number of hydrogen-bond donors (Lipinski definition) is 0. The molecule has 10 heavy (non-hydrogen) atoms. The van der Waals surface area contributed by atoms with E-state index >= 15 is 0 Å². The largest absolute Gasteiger partial charge is 0.430 e. The van der Waals surface area contributed by atoms with Crippen molar-refractivity contribution in [1.82, 2.24) is 0 Å². The number of carbonyl (C=O) groups is 1. The summed E-state index contributed by atoms with van der Waals surface area (Å²) in [6.45, 7) is 0. The average molecular weight is 165 g/mol. The third-order valence-electron chi connectivity index (χ3n) is 1.17. The Morgan fingerprint density at radius 1 is 1.70 bits per heavy atom. The van der Waals surface area contributed by atoms with Gasteiger partial charge in [0, 0.05) is 0 Å². The molecule has 1 fully saturated rings. The van der Waals surface area contributed by atoms with Crippen LogP contribution in [0.2, 0.25) is 0 Å². The summed E-state index contributed by atoms with van der Waals surface area (Å²) in [7, 11) is 0. The van der Waals surface area contributed by atoms with Crippen molar-refractivity contribution >= 4 is 17.6 Å². The van der Waals surface area contributed by atoms with Crippen molar-refractivity contribution < 1.29 is 13.9 Å². The van der Waals surface area contributed by atoms with Crippen molar-refractivity contribution in [2.45, 2.75) is 12.8 Å². The molecule has 0 unspecified atom stereocenters. The maximum atomic E-state index is 11.7. The van der Waals surface area contributed by atoms with Crippen LogP contribution in [0.25, 0.3) is 0 Å². The number of hydrogen-bond acceptors (Lipinski definition) is 2. The monoisotopic (exact) mass is 164 g/mol. The van der Waals surface area contributed by atoms with Gasteiger partial charge in [-0.2, -0.15) is 4.39 Å². The summed E-state index contributed by atoms with van der Waals surface area (Å²) in [5.41, 5.74) is 0. The van der Waals surface area contributed by atoms with Crippen molar-refractivity contribution in [1.29, 1.82) is 0 Å². The second-order valence-corrected chi connectivity index (χ2v) is 2.48. The summed E-state index contributed by atoms with van der Waals surface area (Å²) in [6.07, 6.45) is 2.30. The van der Waals surface area contributed by atoms with Crippen LogP contribution in [0.4, 0.5) is 4.39 Å². The first-order valence-electron chi connectivity index (χ1n) is 2.92. The van der Waals surface area contributed by atoms with E-state index in [1.165, 1.54) is 0 Å². The molecule has 2 nitrogen and oxygen atoms in total. The lowest BCUT2D eigenvalue weighted by molar-refractivity contribution is -0.139. The fraction of sp³-hybridized carbons (Fsp3) is 0.500. The number of esters is 1. The Labute approximate surface area is 62.6 Å². The Bertz CT molecular complexity index is 171. The minimum Gasteiger partial charge on any atom is -0.430 e. The smallest absolute Gasteiger partial charge is 0.313 e. The van der Waals surface area contributed by atoms with Gasteiger partial charge in [0.25, 0.3) is 0 Å². The molecule has 1 rings (SSSR count). The van der Waals surface area contributed by atoms with Crippen LogP contribution >= 0.6 is 11.6 Å². The predicted octanol–water partition coefficient (Wildman–Crippen LogP) is 1.95. The molecule has 0 aromatic carbocycles. The highest BCUT2D eigenvalue weighted by atomic mass is 35.5. The van der Waals surface area contributed by atoms with Gasteiger partial charge in [-0.1, -0.05) is 0 Å². The highest BCUT2D eigenvalue weighted by Gasteiger charge is 2.30. The summed E-state index contributed by atoms with van der Waals surface area (Å²) in [5, 5.41) is -1.01. The zero-order chi connectivity index (χ0) is 7.56. The molecule has 1 saturated carbocycles. The lowest BCUT2D eigenvalue weighted by Crippen LogP contribution is -2.00. The maximum Gasteiger partial charge on any atom is 0.313 e. The Morgan fingerprint density at radius 2 is 2.30 bits per heavy atom. The average Bonchev–Trinajstić information content (AvgIpc) is 2.63. The molecule has 1 aliphatic rings. The van der Waals surface area contributed by atoms with Crippen LogP contribution in [0.1, 0.15) is 12.8 Å². The molecule has 0 N–H and O–H groups in total. The van der Waals surface area contributed by atoms with Crippen LogP contribution in [0.15, 0.2) is 11.5 Å². The Kier molecular flexibility index (Phi) is 2.27. The molecule has 4 heteroatoms. The first kappa shape index (κ1) is 7.54. The summed E-state index contributed by atoms with van der Waals surface area (Å²) in [4.78, 5) is 10.6. The van der Waals surface area contributed by atoms with E-state index in [2.05, 4.69) is 4.74 Å². The van der Waals surface area contributed by atoms with Crippen molar-refractivity contribution in [3.05, 3.63) is 11.5 Å². The van der Waals surface area contributed by atoms with Gasteiger partial charge in [0.2, 0.25) is 5.29 Å². The van der Waals surface area contributed by atoms with Crippen molar-refractivity contribution in [2.24, 2.45) is 5.92 Å². The van der Waals surface area contributed by atoms with E-state index in [0.29, 0.717) is 6.26 Å². The Morgan fingerprint density at radius 3 is 2.70 bits per heavy atom. The molecular formula is C6H6ClFO2. The van der Waals surface area contributed by atoms with Gasteiger partial charge in [0.1, 0.15) is 6.26 Å². The van der Waals surface area contributed by atoms with Gasteiger partial charge in [-0.05, 0) is 24.4 Å². The highest BCUT2D eigenvalue weighted by molar-refractivity contribution is 6.28. The molecule has 56 valence electrons. The molecule has 0 radical (unpaired) electrons. The molecule has 0 aromatic rings. The molecule has 0 amide bonds. The van der Waals surface area contributed by atoms with E-state index in [4.69, 9.17) is 11.6 Å². The number of rotatable bonds is 2. The second kappa shape index (κ2) is 3.01.